The maximum Gasteiger partial charge on any atom is 1.00 e. The SMILES string of the molecule is O=[N+]([O-])c1ccc2c(c1)S(=O)(=O)CC2S(=O)[O-].[Na+]. The Labute approximate surface area is 127 Å². The summed E-state index contributed by atoms with van der Waals surface area (Å²) in [5.41, 5.74) is -0.270. The van der Waals surface area contributed by atoms with Crippen LogP contribution >= 0.6 is 0 Å². The molecule has 1 aliphatic rings. The molecule has 0 amide bonds. The van der Waals surface area contributed by atoms with E-state index in [1.807, 2.05) is 0 Å². The molecule has 2 rings (SSSR count). The number of benzene rings is 1. The second-order valence-corrected chi connectivity index (χ2v) is 6.60. The Bertz CT molecular complexity index is 628. The standard InChI is InChI=1S/C8H7NO6S2.Na/c10-9(11)5-1-2-6-7(16(12)13)4-17(14,15)8(6)3-5;/h1-3,7H,4H2,(H,12,13);/q;+1/p-1. The molecule has 0 N–H and O–H groups in total. The van der Waals surface area contributed by atoms with E-state index in [2.05, 4.69) is 0 Å². The molecule has 0 fully saturated rings. The number of hydrogen-bond donors (Lipinski definition) is 0. The van der Waals surface area contributed by atoms with Gasteiger partial charge in [-0.3, -0.25) is 14.3 Å². The molecule has 0 bridgehead atoms. The normalized spacial score (nSPS) is 21.7. The zero-order valence-electron chi connectivity index (χ0n) is 9.23. The van der Waals surface area contributed by atoms with Crippen molar-refractivity contribution < 1.29 is 51.7 Å². The van der Waals surface area contributed by atoms with Crippen LogP contribution in [0.5, 0.6) is 0 Å². The predicted molar refractivity (Wildman–Crippen MR) is 56.8 cm³/mol. The molecule has 18 heavy (non-hydrogen) atoms. The molecule has 0 saturated heterocycles. The molecule has 1 aromatic rings. The van der Waals surface area contributed by atoms with Crippen molar-refractivity contribution in [3.8, 4) is 0 Å². The van der Waals surface area contributed by atoms with E-state index in [4.69, 9.17) is 0 Å². The molecular formula is C8H6NNaO6S2. The molecule has 0 radical (unpaired) electrons. The number of non-ortho nitro benzene ring substituents is 1. The molecule has 0 spiro atoms. The van der Waals surface area contributed by atoms with E-state index in [0.717, 1.165) is 12.1 Å². The van der Waals surface area contributed by atoms with Gasteiger partial charge in [0.05, 0.1) is 20.8 Å². The fraction of sp³-hybridized carbons (Fsp3) is 0.250. The van der Waals surface area contributed by atoms with E-state index < -0.39 is 36.8 Å². The van der Waals surface area contributed by atoms with Crippen molar-refractivity contribution >= 4 is 26.6 Å². The van der Waals surface area contributed by atoms with Crippen molar-refractivity contribution in [3.63, 3.8) is 0 Å². The summed E-state index contributed by atoms with van der Waals surface area (Å²) < 4.78 is 45.0. The second-order valence-electron chi connectivity index (χ2n) is 3.51. The first kappa shape index (κ1) is 15.7. The van der Waals surface area contributed by atoms with E-state index >= 15 is 0 Å². The molecule has 7 nitrogen and oxygen atoms in total. The fourth-order valence-electron chi connectivity index (χ4n) is 1.71. The van der Waals surface area contributed by atoms with Crippen molar-refractivity contribution in [2.24, 2.45) is 0 Å². The summed E-state index contributed by atoms with van der Waals surface area (Å²) in [7, 11) is -3.75. The summed E-state index contributed by atoms with van der Waals surface area (Å²) in [6, 6.07) is 3.18. The van der Waals surface area contributed by atoms with E-state index in [1.165, 1.54) is 6.07 Å². The first-order valence-electron chi connectivity index (χ1n) is 4.42. The minimum atomic E-state index is -3.75. The Kier molecular flexibility index (Phi) is 4.68. The van der Waals surface area contributed by atoms with Gasteiger partial charge in [0, 0.05) is 12.1 Å². The van der Waals surface area contributed by atoms with Gasteiger partial charge in [-0.15, -0.1) is 0 Å². The number of fused-ring (bicyclic) bond motifs is 1. The topological polar surface area (TPSA) is 117 Å². The van der Waals surface area contributed by atoms with Crippen LogP contribution in [0.15, 0.2) is 23.1 Å². The van der Waals surface area contributed by atoms with Crippen LogP contribution in [0.2, 0.25) is 0 Å². The van der Waals surface area contributed by atoms with Crippen molar-refractivity contribution in [3.05, 3.63) is 33.9 Å². The fourth-order valence-corrected chi connectivity index (χ4v) is 4.81. The number of sulfone groups is 1. The Morgan fingerprint density at radius 3 is 2.50 bits per heavy atom. The van der Waals surface area contributed by atoms with Crippen LogP contribution in [-0.4, -0.2) is 27.9 Å². The molecule has 0 aliphatic carbocycles. The average Bonchev–Trinajstić information content (AvgIpc) is 2.51. The number of hydrogen-bond acceptors (Lipinski definition) is 6. The summed E-state index contributed by atoms with van der Waals surface area (Å²) >= 11 is -2.57. The predicted octanol–water partition coefficient (Wildman–Crippen LogP) is -2.69. The maximum absolute atomic E-state index is 11.6. The minimum Gasteiger partial charge on any atom is -0.772 e. The van der Waals surface area contributed by atoms with E-state index in [9.17, 15) is 27.3 Å². The minimum absolute atomic E-state index is 0. The molecule has 0 aromatic heterocycles. The average molecular weight is 299 g/mol. The van der Waals surface area contributed by atoms with Gasteiger partial charge in [-0.2, -0.15) is 0 Å². The Balaban J connectivity index is 0.00000162. The van der Waals surface area contributed by atoms with Crippen LogP contribution in [0.25, 0.3) is 0 Å². The van der Waals surface area contributed by atoms with Crippen LogP contribution < -0.4 is 29.6 Å². The quantitative estimate of drug-likeness (QED) is 0.254. The van der Waals surface area contributed by atoms with Gasteiger partial charge in [0.25, 0.3) is 5.69 Å². The largest absolute Gasteiger partial charge is 1.00 e. The summed E-state index contributed by atoms with van der Waals surface area (Å²) in [5.74, 6) is -0.556. The molecule has 92 valence electrons. The Morgan fingerprint density at radius 1 is 1.39 bits per heavy atom. The molecule has 1 aliphatic heterocycles. The number of nitro groups is 1. The summed E-state index contributed by atoms with van der Waals surface area (Å²) in [5, 5.41) is 9.37. The van der Waals surface area contributed by atoms with Gasteiger partial charge < -0.3 is 4.55 Å². The van der Waals surface area contributed by atoms with Crippen molar-refractivity contribution in [1.29, 1.82) is 0 Å². The van der Waals surface area contributed by atoms with E-state index in [-0.39, 0.29) is 45.7 Å². The van der Waals surface area contributed by atoms with Gasteiger partial charge in [0.2, 0.25) is 0 Å². The Hall–Kier alpha value is -0.320. The second kappa shape index (κ2) is 5.35. The summed E-state index contributed by atoms with van der Waals surface area (Å²) in [6.45, 7) is 0. The van der Waals surface area contributed by atoms with Gasteiger partial charge in [-0.1, -0.05) is 0 Å². The first-order valence-corrected chi connectivity index (χ1v) is 7.21. The third-order valence-electron chi connectivity index (χ3n) is 2.49. The molecule has 2 unspecified atom stereocenters. The molecule has 1 heterocycles. The van der Waals surface area contributed by atoms with Gasteiger partial charge >= 0.3 is 29.6 Å². The van der Waals surface area contributed by atoms with E-state index in [0.29, 0.717) is 0 Å². The number of nitrogens with zero attached hydrogens (tertiary/aromatic N) is 1. The van der Waals surface area contributed by atoms with E-state index in [1.54, 1.807) is 0 Å². The van der Waals surface area contributed by atoms with Crippen LogP contribution in [-0.2, 0) is 20.9 Å². The first-order chi connectivity index (χ1) is 7.83. The zero-order chi connectivity index (χ0) is 12.8. The van der Waals surface area contributed by atoms with Gasteiger partial charge in [-0.05, 0) is 22.7 Å². The maximum atomic E-state index is 11.6. The summed E-state index contributed by atoms with van der Waals surface area (Å²) in [4.78, 5) is 9.53. The zero-order valence-corrected chi connectivity index (χ0v) is 12.9. The monoisotopic (exact) mass is 299 g/mol. The van der Waals surface area contributed by atoms with Crippen LogP contribution in [0.3, 0.4) is 0 Å². The third-order valence-corrected chi connectivity index (χ3v) is 5.39. The Morgan fingerprint density at radius 2 is 2.00 bits per heavy atom. The van der Waals surface area contributed by atoms with Crippen molar-refractivity contribution in [1.82, 2.24) is 0 Å². The molecule has 0 saturated carbocycles. The van der Waals surface area contributed by atoms with Crippen LogP contribution in [0.4, 0.5) is 5.69 Å². The van der Waals surface area contributed by atoms with Crippen LogP contribution in [0.1, 0.15) is 10.8 Å². The molecule has 2 atom stereocenters. The van der Waals surface area contributed by atoms with Crippen molar-refractivity contribution in [2.45, 2.75) is 10.1 Å². The third kappa shape index (κ3) is 2.65. The number of rotatable bonds is 2. The van der Waals surface area contributed by atoms with Gasteiger partial charge in [-0.25, -0.2) is 8.42 Å². The van der Waals surface area contributed by atoms with Gasteiger partial charge in [0.15, 0.2) is 9.84 Å². The van der Waals surface area contributed by atoms with Gasteiger partial charge in [0.1, 0.15) is 0 Å². The number of nitro benzene ring substituents is 1. The molecular weight excluding hydrogens is 293 g/mol. The van der Waals surface area contributed by atoms with Crippen LogP contribution in [0, 0.1) is 10.1 Å². The molecule has 1 aromatic carbocycles. The van der Waals surface area contributed by atoms with Crippen molar-refractivity contribution in [2.75, 3.05) is 5.75 Å². The smallest absolute Gasteiger partial charge is 0.772 e. The molecule has 10 heteroatoms. The summed E-state index contributed by atoms with van der Waals surface area (Å²) in [6.07, 6.45) is 0.